The lowest BCUT2D eigenvalue weighted by atomic mass is 10.0. The Morgan fingerprint density at radius 1 is 1.44 bits per heavy atom. The predicted octanol–water partition coefficient (Wildman–Crippen LogP) is 0.985. The van der Waals surface area contributed by atoms with Crippen LogP contribution in [0.5, 0.6) is 0 Å². The van der Waals surface area contributed by atoms with E-state index >= 15 is 0 Å². The van der Waals surface area contributed by atoms with Gasteiger partial charge in [0.05, 0.1) is 12.1 Å². The fraction of sp³-hybridized carbons (Fsp3) is 0.833. The number of rotatable bonds is 2. The van der Waals surface area contributed by atoms with Gasteiger partial charge in [-0.25, -0.2) is 0 Å². The molecule has 0 aromatic carbocycles. The lowest BCUT2D eigenvalue weighted by Gasteiger charge is -2.38. The van der Waals surface area contributed by atoms with E-state index in [1.54, 1.807) is 0 Å². The summed E-state index contributed by atoms with van der Waals surface area (Å²) in [6.07, 6.45) is 3.91. The minimum atomic E-state index is -0.0273. The second-order valence-electron chi connectivity index (χ2n) is 4.79. The lowest BCUT2D eigenvalue weighted by Crippen LogP contribution is -2.50. The van der Waals surface area contributed by atoms with E-state index in [9.17, 15) is 4.79 Å². The quantitative estimate of drug-likeness (QED) is 0.698. The van der Waals surface area contributed by atoms with Gasteiger partial charge >= 0.3 is 0 Å². The molecule has 0 aromatic rings. The first-order chi connectivity index (χ1) is 7.72. The highest BCUT2D eigenvalue weighted by molar-refractivity contribution is 5.78. The number of carbonyl (C=O) groups is 1. The second kappa shape index (κ2) is 4.84. The Hall–Kier alpha value is -1.08. The van der Waals surface area contributed by atoms with Gasteiger partial charge < -0.3 is 4.90 Å². The number of nitrogens with zero attached hydrogens (tertiary/aromatic N) is 3. The molecule has 2 aliphatic heterocycles. The molecule has 4 heteroatoms. The number of likely N-dealkylation sites (tertiary alicyclic amines) is 2. The Balaban J connectivity index is 1.96. The van der Waals surface area contributed by atoms with E-state index in [0.717, 1.165) is 38.9 Å². The van der Waals surface area contributed by atoms with Gasteiger partial charge in [0.25, 0.3) is 0 Å². The number of carbonyl (C=O) groups excluding carboxylic acids is 1. The third-order valence-corrected chi connectivity index (χ3v) is 3.71. The first kappa shape index (κ1) is 11.4. The molecule has 0 spiro atoms. The molecule has 2 saturated heterocycles. The molecule has 0 radical (unpaired) electrons. The van der Waals surface area contributed by atoms with Crippen molar-refractivity contribution in [3.63, 3.8) is 0 Å². The summed E-state index contributed by atoms with van der Waals surface area (Å²) in [5.74, 6) is 0.302. The summed E-state index contributed by atoms with van der Waals surface area (Å²) in [5.41, 5.74) is 0. The fourth-order valence-corrected chi connectivity index (χ4v) is 2.73. The van der Waals surface area contributed by atoms with Crippen molar-refractivity contribution in [2.75, 3.05) is 19.6 Å². The lowest BCUT2D eigenvalue weighted by molar-refractivity contribution is -0.130. The molecule has 0 aromatic heterocycles. The minimum Gasteiger partial charge on any atom is -0.338 e. The number of nitriles is 1. The van der Waals surface area contributed by atoms with Crippen LogP contribution in [0, 0.1) is 11.3 Å². The van der Waals surface area contributed by atoms with Crippen LogP contribution < -0.4 is 0 Å². The summed E-state index contributed by atoms with van der Waals surface area (Å²) >= 11 is 0. The van der Waals surface area contributed by atoms with Crippen LogP contribution in [0.15, 0.2) is 0 Å². The molecule has 0 N–H and O–H groups in total. The summed E-state index contributed by atoms with van der Waals surface area (Å²) in [5, 5.41) is 8.92. The number of piperidine rings is 1. The maximum atomic E-state index is 11.7. The maximum Gasteiger partial charge on any atom is 0.222 e. The number of amides is 1. The molecule has 0 aliphatic carbocycles. The first-order valence-corrected chi connectivity index (χ1v) is 6.15. The molecule has 0 unspecified atom stereocenters. The molecule has 0 saturated carbocycles. The summed E-state index contributed by atoms with van der Waals surface area (Å²) in [6, 6.07) is 2.60. The van der Waals surface area contributed by atoms with Crippen LogP contribution in [0.4, 0.5) is 0 Å². The van der Waals surface area contributed by atoms with Crippen LogP contribution in [-0.2, 0) is 4.79 Å². The van der Waals surface area contributed by atoms with Crippen LogP contribution >= 0.6 is 0 Å². The van der Waals surface area contributed by atoms with E-state index in [1.165, 1.54) is 0 Å². The maximum absolute atomic E-state index is 11.7. The van der Waals surface area contributed by atoms with Crippen LogP contribution in [0.25, 0.3) is 0 Å². The Morgan fingerprint density at radius 3 is 2.88 bits per heavy atom. The van der Waals surface area contributed by atoms with E-state index in [-0.39, 0.29) is 6.04 Å². The third kappa shape index (κ3) is 2.19. The molecule has 0 bridgehead atoms. The Morgan fingerprint density at radius 2 is 2.25 bits per heavy atom. The Bertz CT molecular complexity index is 310. The standard InChI is InChI=1S/C12H19N3O/c1-10(8-13)14-6-2-4-11(9-14)15-7-3-5-12(15)16/h10-11H,2-7,9H2,1H3/t10-,11+/m0/s1. The number of hydrogen-bond donors (Lipinski definition) is 0. The van der Waals surface area contributed by atoms with Crippen LogP contribution in [0.2, 0.25) is 0 Å². The van der Waals surface area contributed by atoms with Crippen molar-refractivity contribution in [3.05, 3.63) is 0 Å². The molecule has 2 heterocycles. The summed E-state index contributed by atoms with van der Waals surface area (Å²) in [7, 11) is 0. The summed E-state index contributed by atoms with van der Waals surface area (Å²) < 4.78 is 0. The summed E-state index contributed by atoms with van der Waals surface area (Å²) in [4.78, 5) is 15.9. The fourth-order valence-electron chi connectivity index (χ4n) is 2.73. The molecule has 1 amide bonds. The number of hydrogen-bond acceptors (Lipinski definition) is 3. The third-order valence-electron chi connectivity index (χ3n) is 3.71. The zero-order valence-corrected chi connectivity index (χ0v) is 9.85. The Kier molecular flexibility index (Phi) is 3.45. The van der Waals surface area contributed by atoms with Crippen molar-refractivity contribution in [3.8, 4) is 6.07 Å². The normalized spacial score (nSPS) is 29.1. The van der Waals surface area contributed by atoms with Crippen LogP contribution in [0.3, 0.4) is 0 Å². The van der Waals surface area contributed by atoms with Crippen molar-refractivity contribution in [1.82, 2.24) is 9.80 Å². The molecule has 4 nitrogen and oxygen atoms in total. The Labute approximate surface area is 96.8 Å². The van der Waals surface area contributed by atoms with Gasteiger partial charge in [-0.3, -0.25) is 9.69 Å². The largest absolute Gasteiger partial charge is 0.338 e. The zero-order chi connectivity index (χ0) is 11.5. The highest BCUT2D eigenvalue weighted by atomic mass is 16.2. The average molecular weight is 221 g/mol. The van der Waals surface area contributed by atoms with E-state index in [0.29, 0.717) is 18.4 Å². The van der Waals surface area contributed by atoms with E-state index in [2.05, 4.69) is 11.0 Å². The van der Waals surface area contributed by atoms with Crippen molar-refractivity contribution < 1.29 is 4.79 Å². The molecular formula is C12H19N3O. The van der Waals surface area contributed by atoms with Crippen molar-refractivity contribution >= 4 is 5.91 Å². The van der Waals surface area contributed by atoms with Gasteiger partial charge in [-0.1, -0.05) is 0 Å². The SMILES string of the molecule is C[C@@H](C#N)N1CCC[C@@H](N2CCCC2=O)C1. The predicted molar refractivity (Wildman–Crippen MR) is 60.6 cm³/mol. The van der Waals surface area contributed by atoms with Crippen LogP contribution in [-0.4, -0.2) is 47.4 Å². The molecule has 2 fully saturated rings. The van der Waals surface area contributed by atoms with Gasteiger partial charge in [-0.05, 0) is 32.7 Å². The van der Waals surface area contributed by atoms with E-state index < -0.39 is 0 Å². The van der Waals surface area contributed by atoms with Gasteiger partial charge in [-0.2, -0.15) is 5.26 Å². The molecule has 2 atom stereocenters. The molecular weight excluding hydrogens is 202 g/mol. The average Bonchev–Trinajstić information content (AvgIpc) is 2.74. The molecule has 16 heavy (non-hydrogen) atoms. The van der Waals surface area contributed by atoms with E-state index in [1.807, 2.05) is 11.8 Å². The second-order valence-corrected chi connectivity index (χ2v) is 4.79. The molecule has 2 aliphatic rings. The van der Waals surface area contributed by atoms with Gasteiger partial charge in [0.2, 0.25) is 5.91 Å². The smallest absolute Gasteiger partial charge is 0.222 e. The monoisotopic (exact) mass is 221 g/mol. The van der Waals surface area contributed by atoms with Gasteiger partial charge in [-0.15, -0.1) is 0 Å². The van der Waals surface area contributed by atoms with Crippen LogP contribution in [0.1, 0.15) is 32.6 Å². The van der Waals surface area contributed by atoms with Gasteiger partial charge in [0.1, 0.15) is 0 Å². The summed E-state index contributed by atoms with van der Waals surface area (Å²) in [6.45, 7) is 4.72. The highest BCUT2D eigenvalue weighted by Gasteiger charge is 2.32. The van der Waals surface area contributed by atoms with E-state index in [4.69, 9.17) is 5.26 Å². The first-order valence-electron chi connectivity index (χ1n) is 6.15. The molecule has 88 valence electrons. The van der Waals surface area contributed by atoms with Gasteiger partial charge in [0, 0.05) is 25.6 Å². The van der Waals surface area contributed by atoms with Crippen molar-refractivity contribution in [2.45, 2.75) is 44.7 Å². The molecule has 2 rings (SSSR count). The topological polar surface area (TPSA) is 47.3 Å². The minimum absolute atomic E-state index is 0.0273. The van der Waals surface area contributed by atoms with Crippen molar-refractivity contribution in [2.24, 2.45) is 0 Å². The highest BCUT2D eigenvalue weighted by Crippen LogP contribution is 2.22. The van der Waals surface area contributed by atoms with Crippen molar-refractivity contribution in [1.29, 1.82) is 5.26 Å². The van der Waals surface area contributed by atoms with Gasteiger partial charge in [0.15, 0.2) is 0 Å². The zero-order valence-electron chi connectivity index (χ0n) is 9.85.